The van der Waals surface area contributed by atoms with Gasteiger partial charge in [0, 0.05) is 0 Å². The van der Waals surface area contributed by atoms with Crippen LogP contribution in [0.2, 0.25) is 0 Å². The highest BCUT2D eigenvalue weighted by molar-refractivity contribution is 5.64. The van der Waals surface area contributed by atoms with Crippen LogP contribution in [-0.4, -0.2) is 0 Å². The summed E-state index contributed by atoms with van der Waals surface area (Å²) >= 11 is 0. The lowest BCUT2D eigenvalue weighted by Gasteiger charge is -2.00. The highest BCUT2D eigenvalue weighted by Gasteiger charge is 1.93. The van der Waals surface area contributed by atoms with Crippen LogP contribution in [0.25, 0.3) is 5.57 Å². The number of hydrogen-bond donors (Lipinski definition) is 0. The van der Waals surface area contributed by atoms with Crippen molar-refractivity contribution in [2.75, 3.05) is 0 Å². The molecule has 0 saturated heterocycles. The molecule has 0 nitrogen and oxygen atoms in total. The summed E-state index contributed by atoms with van der Waals surface area (Å²) in [6.45, 7) is 6.04. The van der Waals surface area contributed by atoms with Gasteiger partial charge in [0.15, 0.2) is 0 Å². The summed E-state index contributed by atoms with van der Waals surface area (Å²) in [4.78, 5) is 0. The van der Waals surface area contributed by atoms with Crippen molar-refractivity contribution in [3.8, 4) is 0 Å². The van der Waals surface area contributed by atoms with Crippen molar-refractivity contribution in [3.63, 3.8) is 0 Å². The Kier molecular flexibility index (Phi) is 3.34. The molecule has 0 amide bonds. The fourth-order valence-electron chi connectivity index (χ4n) is 1.05. The van der Waals surface area contributed by atoms with Gasteiger partial charge in [-0.2, -0.15) is 0 Å². The van der Waals surface area contributed by atoms with Crippen molar-refractivity contribution in [2.24, 2.45) is 0 Å². The average molecular weight is 158 g/mol. The maximum atomic E-state index is 4.01. The topological polar surface area (TPSA) is 0 Å². The molecule has 0 aliphatic carbocycles. The van der Waals surface area contributed by atoms with E-state index in [-0.39, 0.29) is 0 Å². The first-order chi connectivity index (χ1) is 5.84. The molecule has 0 N–H and O–H groups in total. The molecule has 0 spiro atoms. The lowest BCUT2D eigenvalue weighted by molar-refractivity contribution is 1.38. The van der Waals surface area contributed by atoms with E-state index >= 15 is 0 Å². The molecule has 12 heavy (non-hydrogen) atoms. The van der Waals surface area contributed by atoms with Gasteiger partial charge >= 0.3 is 0 Å². The molecule has 0 aliphatic heterocycles. The molecular weight excluding hydrogens is 144 g/mol. The minimum absolute atomic E-state index is 0.945. The van der Waals surface area contributed by atoms with Crippen LogP contribution in [0.15, 0.2) is 49.1 Å². The summed E-state index contributed by atoms with van der Waals surface area (Å²) in [5.41, 5.74) is 2.41. The highest BCUT2D eigenvalue weighted by atomic mass is 14.0. The molecule has 0 aliphatic rings. The Morgan fingerprint density at radius 1 is 1.33 bits per heavy atom. The lowest BCUT2D eigenvalue weighted by atomic mass is 10.0. The van der Waals surface area contributed by atoms with Crippen LogP contribution < -0.4 is 0 Å². The van der Waals surface area contributed by atoms with Crippen LogP contribution in [0, 0.1) is 0 Å². The summed E-state index contributed by atoms with van der Waals surface area (Å²) < 4.78 is 0. The largest absolute Gasteiger partial charge is 0.0949 e. The van der Waals surface area contributed by atoms with E-state index < -0.39 is 0 Å². The SMILES string of the molecule is C=C(C/C=C\C)c1ccccc1. The summed E-state index contributed by atoms with van der Waals surface area (Å²) in [6, 6.07) is 10.3. The molecule has 0 atom stereocenters. The van der Waals surface area contributed by atoms with Gasteiger partial charge in [-0.3, -0.25) is 0 Å². The van der Waals surface area contributed by atoms with Gasteiger partial charge in [0.05, 0.1) is 0 Å². The summed E-state index contributed by atoms with van der Waals surface area (Å²) in [6.07, 6.45) is 5.12. The minimum Gasteiger partial charge on any atom is -0.0949 e. The van der Waals surface area contributed by atoms with Crippen LogP contribution >= 0.6 is 0 Å². The predicted molar refractivity (Wildman–Crippen MR) is 54.9 cm³/mol. The van der Waals surface area contributed by atoms with Crippen molar-refractivity contribution in [3.05, 3.63) is 54.6 Å². The molecule has 0 radical (unpaired) electrons. The Labute approximate surface area is 74.2 Å². The van der Waals surface area contributed by atoms with E-state index in [0.29, 0.717) is 0 Å². The summed E-state index contributed by atoms with van der Waals surface area (Å²) in [5, 5.41) is 0. The van der Waals surface area contributed by atoms with E-state index in [2.05, 4.69) is 24.8 Å². The first-order valence-corrected chi connectivity index (χ1v) is 4.19. The number of hydrogen-bond acceptors (Lipinski definition) is 0. The maximum absolute atomic E-state index is 4.01. The molecule has 1 aromatic rings. The first kappa shape index (κ1) is 8.79. The van der Waals surface area contributed by atoms with Gasteiger partial charge in [-0.15, -0.1) is 0 Å². The van der Waals surface area contributed by atoms with Gasteiger partial charge < -0.3 is 0 Å². The quantitative estimate of drug-likeness (QED) is 0.589. The molecule has 0 saturated carbocycles. The zero-order valence-electron chi connectivity index (χ0n) is 7.46. The van der Waals surface area contributed by atoms with E-state index in [9.17, 15) is 0 Å². The fourth-order valence-corrected chi connectivity index (χ4v) is 1.05. The predicted octanol–water partition coefficient (Wildman–Crippen LogP) is 3.67. The van der Waals surface area contributed by atoms with Crippen molar-refractivity contribution in [2.45, 2.75) is 13.3 Å². The van der Waals surface area contributed by atoms with E-state index in [1.807, 2.05) is 31.2 Å². The minimum atomic E-state index is 0.945. The summed E-state index contributed by atoms with van der Waals surface area (Å²) in [7, 11) is 0. The van der Waals surface area contributed by atoms with Gasteiger partial charge in [0.2, 0.25) is 0 Å². The monoisotopic (exact) mass is 158 g/mol. The zero-order valence-corrected chi connectivity index (χ0v) is 7.46. The molecule has 0 bridgehead atoms. The maximum Gasteiger partial charge on any atom is -0.00975 e. The standard InChI is InChI=1S/C12H14/c1-3-4-8-11(2)12-9-6-5-7-10-12/h3-7,9-10H,2,8H2,1H3/b4-3-. The zero-order chi connectivity index (χ0) is 8.81. The highest BCUT2D eigenvalue weighted by Crippen LogP contribution is 2.15. The molecule has 1 rings (SSSR count). The molecule has 0 heteroatoms. The average Bonchev–Trinajstić information content (AvgIpc) is 2.15. The van der Waals surface area contributed by atoms with Crippen molar-refractivity contribution in [1.82, 2.24) is 0 Å². The van der Waals surface area contributed by atoms with E-state index in [1.54, 1.807) is 0 Å². The Balaban J connectivity index is 2.66. The Morgan fingerprint density at radius 3 is 2.58 bits per heavy atom. The van der Waals surface area contributed by atoms with E-state index in [0.717, 1.165) is 6.42 Å². The van der Waals surface area contributed by atoms with Crippen molar-refractivity contribution in [1.29, 1.82) is 0 Å². The second-order valence-electron chi connectivity index (χ2n) is 2.74. The number of allylic oxidation sites excluding steroid dienone is 3. The Hall–Kier alpha value is -1.30. The molecule has 0 heterocycles. The molecular formula is C12H14. The second kappa shape index (κ2) is 4.55. The molecule has 0 aromatic heterocycles. The Bertz CT molecular complexity index is 267. The third-order valence-electron chi connectivity index (χ3n) is 1.78. The third-order valence-corrected chi connectivity index (χ3v) is 1.78. The van der Waals surface area contributed by atoms with Crippen molar-refractivity contribution >= 4 is 5.57 Å². The van der Waals surface area contributed by atoms with Crippen LogP contribution in [0.4, 0.5) is 0 Å². The smallest absolute Gasteiger partial charge is 0.00975 e. The van der Waals surface area contributed by atoms with Crippen LogP contribution in [0.5, 0.6) is 0 Å². The number of benzene rings is 1. The molecule has 1 aromatic carbocycles. The normalized spacial score (nSPS) is 10.4. The van der Waals surface area contributed by atoms with Gasteiger partial charge in [-0.25, -0.2) is 0 Å². The first-order valence-electron chi connectivity index (χ1n) is 4.19. The molecule has 0 fully saturated rings. The van der Waals surface area contributed by atoms with Gasteiger partial charge in [0.1, 0.15) is 0 Å². The van der Waals surface area contributed by atoms with Gasteiger partial charge in [-0.1, -0.05) is 49.1 Å². The van der Waals surface area contributed by atoms with Crippen LogP contribution in [0.3, 0.4) is 0 Å². The second-order valence-corrected chi connectivity index (χ2v) is 2.74. The fraction of sp³-hybridized carbons (Fsp3) is 0.167. The molecule has 62 valence electrons. The van der Waals surface area contributed by atoms with Crippen LogP contribution in [0.1, 0.15) is 18.9 Å². The molecule has 0 unspecified atom stereocenters. The van der Waals surface area contributed by atoms with E-state index in [1.165, 1.54) is 11.1 Å². The van der Waals surface area contributed by atoms with Gasteiger partial charge in [0.25, 0.3) is 0 Å². The third kappa shape index (κ3) is 2.39. The summed E-state index contributed by atoms with van der Waals surface area (Å²) in [5.74, 6) is 0. The van der Waals surface area contributed by atoms with E-state index in [4.69, 9.17) is 0 Å². The lowest BCUT2D eigenvalue weighted by Crippen LogP contribution is -1.78. The van der Waals surface area contributed by atoms with Gasteiger partial charge in [-0.05, 0) is 24.5 Å². The number of rotatable bonds is 3. The Morgan fingerprint density at radius 2 is 2.00 bits per heavy atom. The van der Waals surface area contributed by atoms with Crippen molar-refractivity contribution < 1.29 is 0 Å². The van der Waals surface area contributed by atoms with Crippen LogP contribution in [-0.2, 0) is 0 Å².